The number of nitrogens with zero attached hydrogens (tertiary/aromatic N) is 4. The van der Waals surface area contributed by atoms with Crippen molar-refractivity contribution in [3.8, 4) is 29.7 Å². The summed E-state index contributed by atoms with van der Waals surface area (Å²) in [6.07, 6.45) is 1.87. The van der Waals surface area contributed by atoms with Crippen LogP contribution < -0.4 is 14.8 Å². The first kappa shape index (κ1) is 21.7. The number of methoxy groups -OCH3 is 2. The molecule has 7 heteroatoms. The molecule has 31 heavy (non-hydrogen) atoms. The lowest BCUT2D eigenvalue weighted by Gasteiger charge is -2.29. The summed E-state index contributed by atoms with van der Waals surface area (Å²) in [7, 11) is 3.31. The van der Waals surface area contributed by atoms with Gasteiger partial charge in [-0.1, -0.05) is 12.1 Å². The zero-order valence-electron chi connectivity index (χ0n) is 17.6. The average molecular weight is 413 g/mol. The van der Waals surface area contributed by atoms with Crippen LogP contribution in [0.4, 0.5) is 5.69 Å². The van der Waals surface area contributed by atoms with Crippen LogP contribution in [-0.4, -0.2) is 32.2 Å². The third-order valence-corrected chi connectivity index (χ3v) is 5.32. The van der Waals surface area contributed by atoms with Gasteiger partial charge in [-0.15, -0.1) is 0 Å². The highest BCUT2D eigenvalue weighted by Gasteiger charge is 2.19. The van der Waals surface area contributed by atoms with Gasteiger partial charge in [0.15, 0.2) is 17.1 Å². The van der Waals surface area contributed by atoms with E-state index >= 15 is 0 Å². The lowest BCUT2D eigenvalue weighted by molar-refractivity contribution is 0.255. The molecule has 0 saturated heterocycles. The lowest BCUT2D eigenvalue weighted by atomic mass is 9.98. The Morgan fingerprint density at radius 1 is 0.968 bits per heavy atom. The summed E-state index contributed by atoms with van der Waals surface area (Å²) in [5, 5.41) is 29.8. The smallest absolute Gasteiger partial charge is 0.163 e. The summed E-state index contributed by atoms with van der Waals surface area (Å²) in [6.45, 7) is 2.79. The van der Waals surface area contributed by atoms with Gasteiger partial charge in [-0.2, -0.15) is 15.8 Å². The molecule has 1 aliphatic heterocycles. The summed E-state index contributed by atoms with van der Waals surface area (Å²) in [4.78, 5) is 2.42. The first-order chi connectivity index (χ1) is 15.1. The fraction of sp³-hybridized carbons (Fsp3) is 0.292. The Balaban J connectivity index is 1.60. The molecule has 0 saturated carbocycles. The van der Waals surface area contributed by atoms with Gasteiger partial charge < -0.3 is 14.8 Å². The second-order valence-electron chi connectivity index (χ2n) is 7.16. The number of anilines is 1. The van der Waals surface area contributed by atoms with Gasteiger partial charge in [0.25, 0.3) is 0 Å². The predicted molar refractivity (Wildman–Crippen MR) is 116 cm³/mol. The molecule has 3 rings (SSSR count). The van der Waals surface area contributed by atoms with Gasteiger partial charge in [-0.3, -0.25) is 4.90 Å². The first-order valence-corrected chi connectivity index (χ1v) is 9.88. The zero-order valence-corrected chi connectivity index (χ0v) is 17.6. The Kier molecular flexibility index (Phi) is 7.12. The summed E-state index contributed by atoms with van der Waals surface area (Å²) in [6, 6.07) is 17.1. The summed E-state index contributed by atoms with van der Waals surface area (Å²) < 4.78 is 10.8. The average Bonchev–Trinajstić information content (AvgIpc) is 2.82. The molecule has 7 nitrogen and oxygen atoms in total. The monoisotopic (exact) mass is 413 g/mol. The second kappa shape index (κ2) is 10.2. The standard InChI is InChI=1S/C24H23N5O2/c1-30-23-11-18-8-10-29(16-19(18)12-24(23)31-2)9-7-17-3-5-21(6-4-17)28-22(15-27)20(13-25)14-26/h3-6,11-12,28H,7-10,16H2,1-2H3. The molecule has 1 heterocycles. The molecule has 0 fully saturated rings. The number of fused-ring (bicyclic) bond motifs is 1. The molecule has 0 aromatic heterocycles. The van der Waals surface area contributed by atoms with Crippen LogP contribution >= 0.6 is 0 Å². The fourth-order valence-corrected chi connectivity index (χ4v) is 3.60. The number of hydrogen-bond acceptors (Lipinski definition) is 7. The summed E-state index contributed by atoms with van der Waals surface area (Å²) in [5.41, 5.74) is 4.14. The van der Waals surface area contributed by atoms with Crippen LogP contribution in [0.2, 0.25) is 0 Å². The molecule has 1 N–H and O–H groups in total. The second-order valence-corrected chi connectivity index (χ2v) is 7.16. The van der Waals surface area contributed by atoms with E-state index in [-0.39, 0.29) is 11.3 Å². The van der Waals surface area contributed by atoms with E-state index < -0.39 is 0 Å². The number of benzene rings is 2. The van der Waals surface area contributed by atoms with Crippen LogP contribution in [0.25, 0.3) is 0 Å². The van der Waals surface area contributed by atoms with Gasteiger partial charge in [0.2, 0.25) is 0 Å². The van der Waals surface area contributed by atoms with Crippen molar-refractivity contribution in [2.24, 2.45) is 0 Å². The molecular formula is C24H23N5O2. The van der Waals surface area contributed by atoms with Gasteiger partial charge in [0.05, 0.1) is 14.2 Å². The van der Waals surface area contributed by atoms with Crippen LogP contribution in [0, 0.1) is 34.0 Å². The maximum Gasteiger partial charge on any atom is 0.163 e. The minimum absolute atomic E-state index is 0.0446. The number of ether oxygens (including phenoxy) is 2. The van der Waals surface area contributed by atoms with E-state index in [0.29, 0.717) is 5.69 Å². The topological polar surface area (TPSA) is 105 Å². The Bertz CT molecular complexity index is 1090. The van der Waals surface area contributed by atoms with Crippen LogP contribution in [-0.2, 0) is 19.4 Å². The molecule has 0 bridgehead atoms. The zero-order chi connectivity index (χ0) is 22.2. The van der Waals surface area contributed by atoms with E-state index in [1.807, 2.05) is 30.3 Å². The van der Waals surface area contributed by atoms with Crippen molar-refractivity contribution in [3.63, 3.8) is 0 Å². The highest BCUT2D eigenvalue weighted by atomic mass is 16.5. The number of allylic oxidation sites excluding steroid dienone is 2. The van der Waals surface area contributed by atoms with Crippen LogP contribution in [0.15, 0.2) is 47.7 Å². The quantitative estimate of drug-likeness (QED) is 0.692. The molecular weight excluding hydrogens is 390 g/mol. The first-order valence-electron chi connectivity index (χ1n) is 9.88. The minimum Gasteiger partial charge on any atom is -0.493 e. The molecule has 1 aliphatic rings. The number of nitriles is 3. The third-order valence-electron chi connectivity index (χ3n) is 5.32. The molecule has 0 atom stereocenters. The van der Waals surface area contributed by atoms with Crippen molar-refractivity contribution in [2.75, 3.05) is 32.6 Å². The number of rotatable bonds is 7. The largest absolute Gasteiger partial charge is 0.493 e. The van der Waals surface area contributed by atoms with E-state index in [4.69, 9.17) is 25.3 Å². The highest BCUT2D eigenvalue weighted by molar-refractivity contribution is 5.58. The van der Waals surface area contributed by atoms with Crippen molar-refractivity contribution in [1.82, 2.24) is 4.90 Å². The maximum atomic E-state index is 9.14. The molecule has 2 aromatic rings. The van der Waals surface area contributed by atoms with E-state index in [0.717, 1.165) is 44.0 Å². The molecule has 0 unspecified atom stereocenters. The molecule has 0 radical (unpaired) electrons. The molecule has 0 spiro atoms. The van der Waals surface area contributed by atoms with E-state index in [1.165, 1.54) is 16.7 Å². The van der Waals surface area contributed by atoms with Crippen molar-refractivity contribution >= 4 is 5.69 Å². The maximum absolute atomic E-state index is 9.14. The van der Waals surface area contributed by atoms with Gasteiger partial charge in [0, 0.05) is 25.3 Å². The lowest BCUT2D eigenvalue weighted by Crippen LogP contribution is -2.32. The van der Waals surface area contributed by atoms with Crippen LogP contribution in [0.3, 0.4) is 0 Å². The third kappa shape index (κ3) is 5.14. The number of nitrogens with one attached hydrogen (secondary N) is 1. The summed E-state index contributed by atoms with van der Waals surface area (Å²) in [5.74, 6) is 1.53. The fourth-order valence-electron chi connectivity index (χ4n) is 3.60. The van der Waals surface area contributed by atoms with E-state index in [2.05, 4.69) is 22.3 Å². The Morgan fingerprint density at radius 2 is 1.61 bits per heavy atom. The van der Waals surface area contributed by atoms with Crippen molar-refractivity contribution in [3.05, 3.63) is 64.4 Å². The van der Waals surface area contributed by atoms with E-state index in [1.54, 1.807) is 26.4 Å². The Labute approximate surface area is 182 Å². The number of hydrogen-bond donors (Lipinski definition) is 1. The van der Waals surface area contributed by atoms with Crippen molar-refractivity contribution in [1.29, 1.82) is 15.8 Å². The minimum atomic E-state index is -0.230. The molecule has 156 valence electrons. The molecule has 0 amide bonds. The Morgan fingerprint density at radius 3 is 2.19 bits per heavy atom. The van der Waals surface area contributed by atoms with Gasteiger partial charge >= 0.3 is 0 Å². The molecule has 0 aliphatic carbocycles. The van der Waals surface area contributed by atoms with Gasteiger partial charge in [-0.05, 0) is 53.8 Å². The normalized spacial score (nSPS) is 12.5. The van der Waals surface area contributed by atoms with Crippen molar-refractivity contribution < 1.29 is 9.47 Å². The Hall–Kier alpha value is -3.99. The van der Waals surface area contributed by atoms with Gasteiger partial charge in [0.1, 0.15) is 23.9 Å². The van der Waals surface area contributed by atoms with Gasteiger partial charge in [-0.25, -0.2) is 0 Å². The SMILES string of the molecule is COc1cc2c(cc1OC)CN(CCc1ccc(NC(C#N)=C(C#N)C#N)cc1)CC2. The summed E-state index contributed by atoms with van der Waals surface area (Å²) >= 11 is 0. The highest BCUT2D eigenvalue weighted by Crippen LogP contribution is 2.33. The van der Waals surface area contributed by atoms with Crippen molar-refractivity contribution in [2.45, 2.75) is 19.4 Å². The van der Waals surface area contributed by atoms with E-state index in [9.17, 15) is 0 Å². The van der Waals surface area contributed by atoms with Crippen LogP contribution in [0.5, 0.6) is 11.5 Å². The molecule has 2 aromatic carbocycles. The van der Waals surface area contributed by atoms with Crippen LogP contribution in [0.1, 0.15) is 16.7 Å². The predicted octanol–water partition coefficient (Wildman–Crippen LogP) is 3.54.